The Morgan fingerprint density at radius 1 is 1.28 bits per heavy atom. The summed E-state index contributed by atoms with van der Waals surface area (Å²) in [6.07, 6.45) is 9.62. The molecule has 3 rings (SSSR count). The molecule has 0 saturated heterocycles. The molecule has 2 aromatic rings. The molecule has 3 nitrogen and oxygen atoms in total. The smallest absolute Gasteiger partial charge is 0.253 e. The van der Waals surface area contributed by atoms with Crippen LogP contribution in [0.25, 0.3) is 0 Å². The highest BCUT2D eigenvalue weighted by Gasteiger charge is 2.22. The molecule has 1 aliphatic rings. The van der Waals surface area contributed by atoms with E-state index in [2.05, 4.69) is 36.6 Å². The molecule has 152 valence electrons. The second kappa shape index (κ2) is 9.32. The van der Waals surface area contributed by atoms with Crippen molar-refractivity contribution in [3.8, 4) is 0 Å². The predicted molar refractivity (Wildman–Crippen MR) is 124 cm³/mol. The molecule has 0 radical (unpaired) electrons. The van der Waals surface area contributed by atoms with Crippen molar-refractivity contribution in [3.63, 3.8) is 0 Å². The number of pyridine rings is 1. The molecule has 0 amide bonds. The molecule has 1 aromatic carbocycles. The van der Waals surface area contributed by atoms with Gasteiger partial charge in [-0.05, 0) is 56.9 Å². The van der Waals surface area contributed by atoms with Gasteiger partial charge in [0, 0.05) is 24.3 Å². The van der Waals surface area contributed by atoms with Crippen molar-refractivity contribution in [2.75, 3.05) is 11.4 Å². The van der Waals surface area contributed by atoms with Crippen LogP contribution in [0.2, 0.25) is 5.02 Å². The van der Waals surface area contributed by atoms with Gasteiger partial charge in [0.2, 0.25) is 0 Å². The van der Waals surface area contributed by atoms with Crippen LogP contribution in [0.4, 0.5) is 5.69 Å². The van der Waals surface area contributed by atoms with E-state index in [0.29, 0.717) is 23.7 Å². The van der Waals surface area contributed by atoms with E-state index in [0.717, 1.165) is 30.7 Å². The molecule has 0 unspecified atom stereocenters. The van der Waals surface area contributed by atoms with E-state index >= 15 is 0 Å². The number of rotatable bonds is 7. The Labute approximate surface area is 178 Å². The van der Waals surface area contributed by atoms with Gasteiger partial charge >= 0.3 is 0 Å². The zero-order valence-corrected chi connectivity index (χ0v) is 18.3. The summed E-state index contributed by atoms with van der Waals surface area (Å²) in [5.74, 6) is 0. The fourth-order valence-electron chi connectivity index (χ4n) is 3.85. The van der Waals surface area contributed by atoms with Gasteiger partial charge in [-0.2, -0.15) is 0 Å². The summed E-state index contributed by atoms with van der Waals surface area (Å²) in [6.45, 7) is 12.0. The second-order valence-corrected chi connectivity index (χ2v) is 8.01. The third kappa shape index (κ3) is 4.73. The van der Waals surface area contributed by atoms with Gasteiger partial charge in [-0.25, -0.2) is 0 Å². The van der Waals surface area contributed by atoms with Crippen LogP contribution in [0.5, 0.6) is 0 Å². The summed E-state index contributed by atoms with van der Waals surface area (Å²) < 4.78 is 1.84. The lowest BCUT2D eigenvalue weighted by atomic mass is 10.1. The van der Waals surface area contributed by atoms with Crippen molar-refractivity contribution in [2.45, 2.75) is 46.7 Å². The second-order valence-electron chi connectivity index (χ2n) is 7.60. The van der Waals surface area contributed by atoms with E-state index in [1.54, 1.807) is 6.07 Å². The fraction of sp³-hybridized carbons (Fsp3) is 0.320. The summed E-state index contributed by atoms with van der Waals surface area (Å²) >= 11 is 6.64. The maximum absolute atomic E-state index is 12.9. The number of halogens is 1. The first-order valence-corrected chi connectivity index (χ1v) is 10.5. The Bertz CT molecular complexity index is 1030. The van der Waals surface area contributed by atoms with E-state index in [1.165, 1.54) is 16.8 Å². The van der Waals surface area contributed by atoms with Crippen molar-refractivity contribution in [1.82, 2.24) is 4.57 Å². The summed E-state index contributed by atoms with van der Waals surface area (Å²) in [5, 5.41) is 0.653. The molecule has 0 spiro atoms. The van der Waals surface area contributed by atoms with Crippen LogP contribution in [0.3, 0.4) is 0 Å². The van der Waals surface area contributed by atoms with Crippen LogP contribution in [-0.2, 0) is 19.5 Å². The highest BCUT2D eigenvalue weighted by molar-refractivity contribution is 6.31. The van der Waals surface area contributed by atoms with Crippen LogP contribution < -0.4 is 10.5 Å². The Balaban J connectivity index is 1.92. The minimum absolute atomic E-state index is 0.0298. The van der Waals surface area contributed by atoms with Crippen molar-refractivity contribution in [1.29, 1.82) is 0 Å². The minimum Gasteiger partial charge on any atom is -0.365 e. The van der Waals surface area contributed by atoms with Crippen molar-refractivity contribution < 1.29 is 0 Å². The Hall–Kier alpha value is -2.52. The molecule has 2 heterocycles. The standard InChI is InChI=1S/C25H29ClN2O/c1-5-7-8-20(6-2)11-14-28-24(22(26)16-19(4)25(28)29)17-27-13-12-21-15-18(3)9-10-23(21)27/h5-10,15-16H,2,11-14,17H2,1,3-4H3/b7-5-,20-8+. The molecule has 0 bridgehead atoms. The Kier molecular flexibility index (Phi) is 6.81. The Morgan fingerprint density at radius 3 is 2.79 bits per heavy atom. The highest BCUT2D eigenvalue weighted by Crippen LogP contribution is 2.31. The van der Waals surface area contributed by atoms with E-state index < -0.39 is 0 Å². The Morgan fingerprint density at radius 2 is 2.07 bits per heavy atom. The SMILES string of the molecule is C=C/C(=C\C=C/C)CCn1c(CN2CCc3cc(C)ccc32)c(Cl)cc(C)c1=O. The van der Waals surface area contributed by atoms with Gasteiger partial charge in [-0.3, -0.25) is 4.79 Å². The van der Waals surface area contributed by atoms with Crippen LogP contribution in [0, 0.1) is 13.8 Å². The first-order valence-electron chi connectivity index (χ1n) is 10.1. The van der Waals surface area contributed by atoms with Crippen LogP contribution in [0.15, 0.2) is 65.5 Å². The molecule has 1 aliphatic heterocycles. The first-order chi connectivity index (χ1) is 13.9. The van der Waals surface area contributed by atoms with E-state index in [1.807, 2.05) is 42.7 Å². The fourth-order valence-corrected chi connectivity index (χ4v) is 4.18. The average Bonchev–Trinajstić information content (AvgIpc) is 3.09. The number of hydrogen-bond acceptors (Lipinski definition) is 2. The minimum atomic E-state index is 0.0298. The number of allylic oxidation sites excluding steroid dienone is 5. The molecule has 0 saturated carbocycles. The number of hydrogen-bond donors (Lipinski definition) is 0. The van der Waals surface area contributed by atoms with Crippen LogP contribution in [0.1, 0.15) is 35.7 Å². The molecule has 29 heavy (non-hydrogen) atoms. The molecular weight excluding hydrogens is 380 g/mol. The number of nitrogens with zero attached hydrogens (tertiary/aromatic N) is 2. The lowest BCUT2D eigenvalue weighted by Crippen LogP contribution is -2.30. The zero-order chi connectivity index (χ0) is 21.0. The lowest BCUT2D eigenvalue weighted by Gasteiger charge is -2.24. The van der Waals surface area contributed by atoms with Crippen LogP contribution in [-0.4, -0.2) is 11.1 Å². The van der Waals surface area contributed by atoms with Gasteiger partial charge in [0.25, 0.3) is 5.56 Å². The molecule has 4 heteroatoms. The summed E-state index contributed by atoms with van der Waals surface area (Å²) in [4.78, 5) is 15.3. The van der Waals surface area contributed by atoms with Gasteiger partial charge in [-0.15, -0.1) is 0 Å². The molecule has 0 aliphatic carbocycles. The van der Waals surface area contributed by atoms with E-state index in [-0.39, 0.29) is 5.56 Å². The number of aryl methyl sites for hydroxylation is 2. The van der Waals surface area contributed by atoms with E-state index in [4.69, 9.17) is 11.6 Å². The molecule has 0 atom stereocenters. The van der Waals surface area contributed by atoms with Gasteiger partial charge in [0.05, 0.1) is 17.3 Å². The number of anilines is 1. The third-order valence-corrected chi connectivity index (χ3v) is 5.81. The van der Waals surface area contributed by atoms with Gasteiger partial charge in [0.1, 0.15) is 0 Å². The normalized spacial score (nSPS) is 13.9. The molecule has 1 aromatic heterocycles. The van der Waals surface area contributed by atoms with Crippen molar-refractivity contribution in [3.05, 3.63) is 98.5 Å². The zero-order valence-electron chi connectivity index (χ0n) is 17.5. The number of fused-ring (bicyclic) bond motifs is 1. The molecular formula is C25H29ClN2O. The topological polar surface area (TPSA) is 25.2 Å². The summed E-state index contributed by atoms with van der Waals surface area (Å²) in [7, 11) is 0. The van der Waals surface area contributed by atoms with Crippen LogP contribution >= 0.6 is 11.6 Å². The largest absolute Gasteiger partial charge is 0.365 e. The highest BCUT2D eigenvalue weighted by atomic mass is 35.5. The molecule has 0 fully saturated rings. The monoisotopic (exact) mass is 408 g/mol. The van der Waals surface area contributed by atoms with E-state index in [9.17, 15) is 4.79 Å². The van der Waals surface area contributed by atoms with Crippen molar-refractivity contribution in [2.24, 2.45) is 0 Å². The van der Waals surface area contributed by atoms with Gasteiger partial charge in [-0.1, -0.05) is 60.2 Å². The number of benzene rings is 1. The summed E-state index contributed by atoms with van der Waals surface area (Å²) in [5.41, 5.74) is 6.57. The van der Waals surface area contributed by atoms with Gasteiger partial charge < -0.3 is 9.47 Å². The maximum atomic E-state index is 12.9. The number of aromatic nitrogens is 1. The lowest BCUT2D eigenvalue weighted by molar-refractivity contribution is 0.619. The summed E-state index contributed by atoms with van der Waals surface area (Å²) in [6, 6.07) is 8.37. The van der Waals surface area contributed by atoms with Crippen molar-refractivity contribution >= 4 is 17.3 Å². The van der Waals surface area contributed by atoms with Gasteiger partial charge in [0.15, 0.2) is 0 Å². The molecule has 0 N–H and O–H groups in total. The quantitative estimate of drug-likeness (QED) is 0.544. The first kappa shape index (κ1) is 21.2. The third-order valence-electron chi connectivity index (χ3n) is 5.48. The predicted octanol–water partition coefficient (Wildman–Crippen LogP) is 5.76. The average molecular weight is 409 g/mol. The maximum Gasteiger partial charge on any atom is 0.253 e.